The van der Waals surface area contributed by atoms with Crippen LogP contribution in [0.25, 0.3) is 11.1 Å². The van der Waals surface area contributed by atoms with Gasteiger partial charge < -0.3 is 24.0 Å². The summed E-state index contributed by atoms with van der Waals surface area (Å²) in [5, 5.41) is 0. The Bertz CT molecular complexity index is 1970. The van der Waals surface area contributed by atoms with Gasteiger partial charge in [-0.2, -0.15) is 0 Å². The van der Waals surface area contributed by atoms with Gasteiger partial charge in [-0.25, -0.2) is 0 Å². The Morgan fingerprint density at radius 3 is 2.10 bits per heavy atom. The molecule has 1 saturated heterocycles. The number of hydrogen-bond donors (Lipinski definition) is 0. The molecule has 1 fully saturated rings. The highest BCUT2D eigenvalue weighted by molar-refractivity contribution is 6.33. The van der Waals surface area contributed by atoms with E-state index in [1.54, 1.807) is 31.4 Å². The van der Waals surface area contributed by atoms with Crippen molar-refractivity contribution in [2.45, 2.75) is 44.6 Å². The third kappa shape index (κ3) is 6.42. The summed E-state index contributed by atoms with van der Waals surface area (Å²) in [7, 11) is 2.99. The Labute approximate surface area is 298 Å². The van der Waals surface area contributed by atoms with E-state index in [0.29, 0.717) is 115 Å². The van der Waals surface area contributed by atoms with Gasteiger partial charge in [-0.3, -0.25) is 19.2 Å². The molecule has 2 aliphatic heterocycles. The number of hydrogen-bond acceptors (Lipinski definition) is 8. The number of fused-ring (bicyclic) bond motifs is 4. The van der Waals surface area contributed by atoms with Crippen LogP contribution in [0.3, 0.4) is 0 Å². The lowest BCUT2D eigenvalue weighted by Crippen LogP contribution is -2.39. The Morgan fingerprint density at radius 2 is 1.43 bits per heavy atom. The topological polar surface area (TPSA) is 102 Å². The zero-order valence-corrected chi connectivity index (χ0v) is 29.1. The summed E-state index contributed by atoms with van der Waals surface area (Å²) in [6.45, 7) is 2.37. The minimum atomic E-state index is -0.445. The van der Waals surface area contributed by atoms with E-state index in [4.69, 9.17) is 14.2 Å². The number of aryl methyl sites for hydroxylation is 1. The largest absolute Gasteiger partial charge is 0.497 e. The second kappa shape index (κ2) is 14.9. The van der Waals surface area contributed by atoms with Crippen molar-refractivity contribution in [3.8, 4) is 16.9 Å². The first-order chi connectivity index (χ1) is 24.9. The van der Waals surface area contributed by atoms with Crippen molar-refractivity contribution < 1.29 is 33.4 Å². The molecule has 0 aromatic heterocycles. The predicted molar refractivity (Wildman–Crippen MR) is 194 cm³/mol. The van der Waals surface area contributed by atoms with Crippen molar-refractivity contribution in [3.05, 3.63) is 118 Å². The Kier molecular flexibility index (Phi) is 9.99. The predicted octanol–water partition coefficient (Wildman–Crippen LogP) is 6.84. The van der Waals surface area contributed by atoms with Gasteiger partial charge in [-0.15, -0.1) is 0 Å². The monoisotopic (exact) mass is 686 g/mol. The van der Waals surface area contributed by atoms with E-state index in [2.05, 4.69) is 17.0 Å². The minimum Gasteiger partial charge on any atom is -0.497 e. The number of carbonyl (C=O) groups is 4. The first kappa shape index (κ1) is 34.2. The van der Waals surface area contributed by atoms with Gasteiger partial charge in [-0.1, -0.05) is 73.2 Å². The third-order valence-electron chi connectivity index (χ3n) is 10.3. The van der Waals surface area contributed by atoms with E-state index < -0.39 is 6.04 Å². The lowest BCUT2D eigenvalue weighted by molar-refractivity contribution is -0.140. The van der Waals surface area contributed by atoms with E-state index >= 15 is 4.79 Å². The number of ether oxygens (including phenoxy) is 3. The van der Waals surface area contributed by atoms with Crippen molar-refractivity contribution in [1.82, 2.24) is 4.90 Å². The average molecular weight is 687 g/mol. The first-order valence-electron chi connectivity index (χ1n) is 17.7. The molecule has 9 nitrogen and oxygen atoms in total. The summed E-state index contributed by atoms with van der Waals surface area (Å²) < 4.78 is 16.1. The molecule has 0 radical (unpaired) electrons. The lowest BCUT2D eigenvalue weighted by atomic mass is 9.75. The Hall–Kier alpha value is -5.28. The highest BCUT2D eigenvalue weighted by Crippen LogP contribution is 2.52. The maximum absolute atomic E-state index is 15.1. The number of ketones is 2. The van der Waals surface area contributed by atoms with E-state index in [0.717, 1.165) is 17.5 Å². The van der Waals surface area contributed by atoms with Gasteiger partial charge in [-0.05, 0) is 48.9 Å². The van der Waals surface area contributed by atoms with Gasteiger partial charge in [0.1, 0.15) is 5.75 Å². The number of benzene rings is 4. The highest BCUT2D eigenvalue weighted by atomic mass is 16.5. The quantitative estimate of drug-likeness (QED) is 0.104. The molecule has 1 unspecified atom stereocenters. The van der Waals surface area contributed by atoms with Crippen LogP contribution in [0.2, 0.25) is 0 Å². The summed E-state index contributed by atoms with van der Waals surface area (Å²) >= 11 is 0. The molecule has 0 N–H and O–H groups in total. The van der Waals surface area contributed by atoms with Crippen molar-refractivity contribution in [2.75, 3.05) is 52.0 Å². The van der Waals surface area contributed by atoms with Crippen LogP contribution in [0, 0.1) is 0 Å². The normalized spacial score (nSPS) is 16.5. The molecule has 9 heteroatoms. The molecule has 2 heterocycles. The highest BCUT2D eigenvalue weighted by Gasteiger charge is 2.47. The summed E-state index contributed by atoms with van der Waals surface area (Å²) in [5.41, 5.74) is 5.72. The number of unbranched alkanes of at least 4 members (excludes halogenated alkanes) is 2. The lowest BCUT2D eigenvalue weighted by Gasteiger charge is -2.35. The standard InChI is InChI=1S/C42H42N2O7/c1-49-29-19-17-28(18-20-29)34-37-35(32(21-16-27-11-5-3-6-12-27)44(42(37)48)22-10-4-7-15-33(45)50-2)36-38(39(34)43-23-25-51-26-24-43)41(47)31-14-9-8-13-30(31)40(36)46/h3,5-6,8-9,11-14,17-20,32H,4,7,10,15-16,21-26H2,1-2H3. The zero-order chi connectivity index (χ0) is 35.5. The van der Waals surface area contributed by atoms with Crippen molar-refractivity contribution >= 4 is 29.1 Å². The van der Waals surface area contributed by atoms with Crippen LogP contribution in [0.1, 0.15) is 91.5 Å². The van der Waals surface area contributed by atoms with E-state index in [1.165, 1.54) is 7.11 Å². The second-order valence-corrected chi connectivity index (χ2v) is 13.2. The molecule has 262 valence electrons. The fraction of sp³-hybridized carbons (Fsp3) is 0.333. The third-order valence-corrected chi connectivity index (χ3v) is 10.3. The number of anilines is 1. The van der Waals surface area contributed by atoms with Crippen LogP contribution in [-0.4, -0.2) is 75.4 Å². The molecular weight excluding hydrogens is 644 g/mol. The molecule has 4 aromatic carbocycles. The molecule has 51 heavy (non-hydrogen) atoms. The summed E-state index contributed by atoms with van der Waals surface area (Å²) in [6, 6.07) is 24.2. The summed E-state index contributed by atoms with van der Waals surface area (Å²) in [4.78, 5) is 60.5. The van der Waals surface area contributed by atoms with Crippen LogP contribution in [0.4, 0.5) is 5.69 Å². The Morgan fingerprint density at radius 1 is 0.765 bits per heavy atom. The zero-order valence-electron chi connectivity index (χ0n) is 29.1. The molecule has 3 aliphatic rings. The van der Waals surface area contributed by atoms with Crippen LogP contribution in [-0.2, 0) is 20.7 Å². The SMILES string of the molecule is COC(=O)CCCCCN1C(=O)c2c(-c3ccc(OC)cc3)c(N3CCOCC3)c3c(c2C1CCc1ccccc1)C(=O)c1ccccc1C3=O. The van der Waals surface area contributed by atoms with E-state index in [9.17, 15) is 14.4 Å². The second-order valence-electron chi connectivity index (χ2n) is 13.2. The van der Waals surface area contributed by atoms with Gasteiger partial charge in [0.05, 0.1) is 50.3 Å². The molecule has 4 aromatic rings. The van der Waals surface area contributed by atoms with Gasteiger partial charge in [0, 0.05) is 53.9 Å². The number of methoxy groups -OCH3 is 2. The molecule has 1 amide bonds. The van der Waals surface area contributed by atoms with Gasteiger partial charge in [0.15, 0.2) is 11.6 Å². The van der Waals surface area contributed by atoms with Gasteiger partial charge in [0.25, 0.3) is 5.91 Å². The van der Waals surface area contributed by atoms with Crippen LogP contribution < -0.4 is 9.64 Å². The van der Waals surface area contributed by atoms with Crippen LogP contribution in [0.15, 0.2) is 78.9 Å². The van der Waals surface area contributed by atoms with Crippen molar-refractivity contribution in [2.24, 2.45) is 0 Å². The fourth-order valence-electron chi connectivity index (χ4n) is 7.84. The van der Waals surface area contributed by atoms with Gasteiger partial charge in [0.2, 0.25) is 0 Å². The van der Waals surface area contributed by atoms with Crippen LogP contribution >= 0.6 is 0 Å². The van der Waals surface area contributed by atoms with E-state index in [1.807, 2.05) is 47.4 Å². The molecule has 1 aliphatic carbocycles. The van der Waals surface area contributed by atoms with E-state index in [-0.39, 0.29) is 23.4 Å². The number of rotatable bonds is 12. The maximum Gasteiger partial charge on any atom is 0.305 e. The molecule has 0 spiro atoms. The molecule has 0 bridgehead atoms. The maximum atomic E-state index is 15.1. The number of nitrogens with zero attached hydrogens (tertiary/aromatic N) is 2. The summed E-state index contributed by atoms with van der Waals surface area (Å²) in [5.74, 6) is -0.185. The minimum absolute atomic E-state index is 0.154. The number of carbonyl (C=O) groups excluding carboxylic acids is 4. The fourth-order valence-corrected chi connectivity index (χ4v) is 7.84. The number of amides is 1. The van der Waals surface area contributed by atoms with Gasteiger partial charge >= 0.3 is 5.97 Å². The number of morpholine rings is 1. The smallest absolute Gasteiger partial charge is 0.305 e. The van der Waals surface area contributed by atoms with Crippen molar-refractivity contribution in [1.29, 1.82) is 0 Å². The van der Waals surface area contributed by atoms with Crippen LogP contribution in [0.5, 0.6) is 5.75 Å². The molecule has 7 rings (SSSR count). The van der Waals surface area contributed by atoms with Crippen molar-refractivity contribution in [3.63, 3.8) is 0 Å². The Balaban J connectivity index is 1.45. The first-order valence-corrected chi connectivity index (χ1v) is 17.7. The molecule has 1 atom stereocenters. The summed E-state index contributed by atoms with van der Waals surface area (Å²) in [6.07, 6.45) is 3.61. The molecule has 0 saturated carbocycles. The average Bonchev–Trinajstić information content (AvgIpc) is 3.45. The molecular formula is C42H42N2O7. The number of esters is 1.